The molecule has 1 N–H and O–H groups in total. The molecule has 1 aromatic rings. The van der Waals surface area contributed by atoms with E-state index in [1.54, 1.807) is 6.33 Å². The van der Waals surface area contributed by atoms with Crippen LogP contribution in [0.15, 0.2) is 11.5 Å². The van der Waals surface area contributed by atoms with Crippen LogP contribution in [0.5, 0.6) is 0 Å². The predicted molar refractivity (Wildman–Crippen MR) is 75.0 cm³/mol. The fourth-order valence-electron chi connectivity index (χ4n) is 2.20. The zero-order valence-corrected chi connectivity index (χ0v) is 12.3. The number of carbonyl (C=O) groups excluding carboxylic acids is 1. The number of hydrogen-bond acceptors (Lipinski definition) is 5. The van der Waals surface area contributed by atoms with E-state index in [0.29, 0.717) is 11.8 Å². The molecule has 19 heavy (non-hydrogen) atoms. The molecule has 0 atom stereocenters. The molecule has 0 unspecified atom stereocenters. The molecule has 1 aliphatic heterocycles. The number of aromatic nitrogens is 3. The van der Waals surface area contributed by atoms with E-state index < -0.39 is 0 Å². The second-order valence-corrected chi connectivity index (χ2v) is 5.73. The normalized spacial score (nSPS) is 17.6. The second-order valence-electron chi connectivity index (χ2n) is 4.79. The van der Waals surface area contributed by atoms with Crippen molar-refractivity contribution in [3.8, 4) is 0 Å². The molecular weight excluding hydrogens is 262 g/mol. The molecular formula is C12H21N5OS. The Labute approximate surface area is 117 Å². The van der Waals surface area contributed by atoms with Gasteiger partial charge in [-0.1, -0.05) is 18.7 Å². The maximum Gasteiger partial charge on any atom is 0.230 e. The molecule has 1 aromatic heterocycles. The first kappa shape index (κ1) is 14.3. The second kappa shape index (κ2) is 6.91. The van der Waals surface area contributed by atoms with Crippen molar-refractivity contribution >= 4 is 17.7 Å². The van der Waals surface area contributed by atoms with Crippen molar-refractivity contribution in [1.82, 2.24) is 25.0 Å². The Morgan fingerprint density at radius 3 is 2.84 bits per heavy atom. The molecule has 0 bridgehead atoms. The summed E-state index contributed by atoms with van der Waals surface area (Å²) in [5.74, 6) is 0.489. The number of nitrogens with zero attached hydrogens (tertiary/aromatic N) is 4. The molecule has 0 radical (unpaired) electrons. The Bertz CT molecular complexity index is 414. The van der Waals surface area contributed by atoms with Crippen LogP contribution >= 0.6 is 11.8 Å². The number of carbonyl (C=O) groups is 1. The van der Waals surface area contributed by atoms with Crippen LogP contribution in [-0.4, -0.2) is 57.0 Å². The number of amides is 1. The number of likely N-dealkylation sites (tertiary alicyclic amines) is 1. The lowest BCUT2D eigenvalue weighted by molar-refractivity contribution is -0.119. The van der Waals surface area contributed by atoms with Gasteiger partial charge >= 0.3 is 0 Å². The summed E-state index contributed by atoms with van der Waals surface area (Å²) < 4.78 is 1.82. The Morgan fingerprint density at radius 1 is 1.53 bits per heavy atom. The van der Waals surface area contributed by atoms with Gasteiger partial charge in [0, 0.05) is 26.2 Å². The third-order valence-corrected chi connectivity index (χ3v) is 4.44. The largest absolute Gasteiger partial charge is 0.353 e. The molecule has 1 fully saturated rings. The van der Waals surface area contributed by atoms with E-state index in [1.807, 2.05) is 11.6 Å². The highest BCUT2D eigenvalue weighted by Crippen LogP contribution is 2.14. The molecule has 0 aliphatic carbocycles. The first-order valence-corrected chi connectivity index (χ1v) is 7.66. The van der Waals surface area contributed by atoms with Gasteiger partial charge in [-0.25, -0.2) is 0 Å². The Morgan fingerprint density at radius 2 is 2.26 bits per heavy atom. The van der Waals surface area contributed by atoms with Crippen molar-refractivity contribution in [2.24, 2.45) is 7.05 Å². The van der Waals surface area contributed by atoms with E-state index in [2.05, 4.69) is 27.3 Å². The molecule has 1 amide bonds. The smallest absolute Gasteiger partial charge is 0.230 e. The topological polar surface area (TPSA) is 63.1 Å². The lowest BCUT2D eigenvalue weighted by atomic mass is 10.1. The molecule has 0 saturated carbocycles. The van der Waals surface area contributed by atoms with Gasteiger partial charge < -0.3 is 14.8 Å². The van der Waals surface area contributed by atoms with Gasteiger partial charge in [0.15, 0.2) is 5.16 Å². The van der Waals surface area contributed by atoms with Gasteiger partial charge in [0.2, 0.25) is 5.91 Å². The summed E-state index contributed by atoms with van der Waals surface area (Å²) in [5, 5.41) is 11.6. The van der Waals surface area contributed by atoms with Crippen molar-refractivity contribution in [2.45, 2.75) is 31.0 Å². The zero-order chi connectivity index (χ0) is 13.7. The molecule has 7 heteroatoms. The molecule has 2 rings (SSSR count). The zero-order valence-electron chi connectivity index (χ0n) is 11.5. The van der Waals surface area contributed by atoms with E-state index >= 15 is 0 Å². The summed E-state index contributed by atoms with van der Waals surface area (Å²) >= 11 is 1.42. The Balaban J connectivity index is 1.69. The fraction of sp³-hybridized carbons (Fsp3) is 0.750. The van der Waals surface area contributed by atoms with Gasteiger partial charge in [0.1, 0.15) is 6.33 Å². The number of nitrogens with one attached hydrogen (secondary N) is 1. The first-order valence-electron chi connectivity index (χ1n) is 6.67. The van der Waals surface area contributed by atoms with Crippen LogP contribution in [0.4, 0.5) is 0 Å². The number of hydrogen-bond donors (Lipinski definition) is 1. The minimum absolute atomic E-state index is 0.0861. The van der Waals surface area contributed by atoms with Crippen LogP contribution in [0.1, 0.15) is 19.8 Å². The van der Waals surface area contributed by atoms with Crippen LogP contribution in [0.25, 0.3) is 0 Å². The van der Waals surface area contributed by atoms with Gasteiger partial charge in [-0.3, -0.25) is 4.79 Å². The summed E-state index contributed by atoms with van der Waals surface area (Å²) in [6.45, 7) is 5.44. The van der Waals surface area contributed by atoms with Gasteiger partial charge in [0.05, 0.1) is 5.75 Å². The van der Waals surface area contributed by atoms with Crippen molar-refractivity contribution in [2.75, 3.05) is 25.4 Å². The number of rotatable bonds is 5. The summed E-state index contributed by atoms with van der Waals surface area (Å²) in [7, 11) is 1.88. The minimum atomic E-state index is 0.0861. The standard InChI is InChI=1S/C12H21N5OS/c1-3-17-6-4-10(5-7-17)14-11(18)8-19-12-15-13-9-16(12)2/h9-10H,3-8H2,1-2H3,(H,14,18). The highest BCUT2D eigenvalue weighted by atomic mass is 32.2. The summed E-state index contributed by atoms with van der Waals surface area (Å²) in [6, 6.07) is 0.329. The predicted octanol–water partition coefficient (Wildman–Crippen LogP) is 0.508. The first-order chi connectivity index (χ1) is 9.19. The third-order valence-electron chi connectivity index (χ3n) is 3.40. The van der Waals surface area contributed by atoms with Gasteiger partial charge in [-0.05, 0) is 19.4 Å². The van der Waals surface area contributed by atoms with Gasteiger partial charge in [0.25, 0.3) is 0 Å². The van der Waals surface area contributed by atoms with Crippen LogP contribution in [-0.2, 0) is 11.8 Å². The average Bonchev–Trinajstić information content (AvgIpc) is 2.83. The third kappa shape index (κ3) is 4.21. The quantitative estimate of drug-likeness (QED) is 0.798. The van der Waals surface area contributed by atoms with Crippen LogP contribution in [0, 0.1) is 0 Å². The minimum Gasteiger partial charge on any atom is -0.353 e. The summed E-state index contributed by atoms with van der Waals surface area (Å²) in [6.07, 6.45) is 3.74. The number of piperidine rings is 1. The van der Waals surface area contributed by atoms with Gasteiger partial charge in [-0.2, -0.15) is 0 Å². The fourth-order valence-corrected chi connectivity index (χ4v) is 2.90. The van der Waals surface area contributed by atoms with E-state index in [1.165, 1.54) is 11.8 Å². The molecule has 0 spiro atoms. The molecule has 0 aromatic carbocycles. The molecule has 2 heterocycles. The van der Waals surface area contributed by atoms with E-state index in [0.717, 1.165) is 37.6 Å². The monoisotopic (exact) mass is 283 g/mol. The van der Waals surface area contributed by atoms with Crippen molar-refractivity contribution in [3.05, 3.63) is 6.33 Å². The lowest BCUT2D eigenvalue weighted by Gasteiger charge is -2.31. The maximum atomic E-state index is 11.9. The van der Waals surface area contributed by atoms with E-state index in [4.69, 9.17) is 0 Å². The van der Waals surface area contributed by atoms with Crippen molar-refractivity contribution in [3.63, 3.8) is 0 Å². The van der Waals surface area contributed by atoms with Crippen LogP contribution in [0.3, 0.4) is 0 Å². The SMILES string of the molecule is CCN1CCC(NC(=O)CSc2nncn2C)CC1. The van der Waals surface area contributed by atoms with Crippen LogP contribution in [0.2, 0.25) is 0 Å². The Hall–Kier alpha value is -1.08. The molecule has 1 saturated heterocycles. The van der Waals surface area contributed by atoms with Crippen molar-refractivity contribution < 1.29 is 4.79 Å². The molecule has 1 aliphatic rings. The summed E-state index contributed by atoms with van der Waals surface area (Å²) in [5.41, 5.74) is 0. The lowest BCUT2D eigenvalue weighted by Crippen LogP contribution is -2.45. The summed E-state index contributed by atoms with van der Waals surface area (Å²) in [4.78, 5) is 14.3. The van der Waals surface area contributed by atoms with Crippen LogP contribution < -0.4 is 5.32 Å². The van der Waals surface area contributed by atoms with E-state index in [9.17, 15) is 4.79 Å². The van der Waals surface area contributed by atoms with Gasteiger partial charge in [-0.15, -0.1) is 10.2 Å². The number of aryl methyl sites for hydroxylation is 1. The molecule has 106 valence electrons. The van der Waals surface area contributed by atoms with E-state index in [-0.39, 0.29) is 5.91 Å². The highest BCUT2D eigenvalue weighted by molar-refractivity contribution is 7.99. The highest BCUT2D eigenvalue weighted by Gasteiger charge is 2.19. The average molecular weight is 283 g/mol. The molecule has 6 nitrogen and oxygen atoms in total. The van der Waals surface area contributed by atoms with Crippen molar-refractivity contribution in [1.29, 1.82) is 0 Å². The maximum absolute atomic E-state index is 11.9. The Kier molecular flexibility index (Phi) is 5.21. The number of thioether (sulfide) groups is 1.